The first-order valence-corrected chi connectivity index (χ1v) is 10.6. The van der Waals surface area contributed by atoms with Crippen LogP contribution in [0, 0.1) is 0 Å². The number of carbonyl (C=O) groups excluding carboxylic acids is 1. The number of fused-ring (bicyclic) bond motifs is 2. The summed E-state index contributed by atoms with van der Waals surface area (Å²) in [6, 6.07) is 5.44. The maximum atomic E-state index is 14.4. The molecule has 0 aliphatic carbocycles. The number of halogens is 4. The van der Waals surface area contributed by atoms with Gasteiger partial charge in [-0.25, -0.2) is 26.8 Å². The molecule has 4 heterocycles. The van der Waals surface area contributed by atoms with E-state index in [1.165, 1.54) is 18.5 Å². The summed E-state index contributed by atoms with van der Waals surface area (Å²) in [6.45, 7) is -0.236. The lowest BCUT2D eigenvalue weighted by Crippen LogP contribution is -2.38. The zero-order valence-corrected chi connectivity index (χ0v) is 18.6. The summed E-state index contributed by atoms with van der Waals surface area (Å²) in [5.41, 5.74) is 2.63. The number of benzene rings is 1. The van der Waals surface area contributed by atoms with Gasteiger partial charge in [0.2, 0.25) is 17.7 Å². The van der Waals surface area contributed by atoms with Gasteiger partial charge in [0.05, 0.1) is 19.2 Å². The van der Waals surface area contributed by atoms with E-state index in [0.29, 0.717) is 27.7 Å². The van der Waals surface area contributed by atoms with Crippen LogP contribution in [0.5, 0.6) is 5.88 Å². The zero-order chi connectivity index (χ0) is 24.9. The molecule has 184 valence electrons. The summed E-state index contributed by atoms with van der Waals surface area (Å²) in [6.07, 6.45) is -0.985. The van der Waals surface area contributed by atoms with Crippen molar-refractivity contribution >= 4 is 28.4 Å². The number of aromatic nitrogens is 6. The Morgan fingerprint density at radius 3 is 2.80 bits per heavy atom. The van der Waals surface area contributed by atoms with Crippen molar-refractivity contribution in [3.8, 4) is 17.0 Å². The van der Waals surface area contributed by atoms with Gasteiger partial charge in [-0.3, -0.25) is 4.79 Å². The Labute approximate surface area is 195 Å². The number of alkyl halides is 4. The number of methoxy groups -OCH3 is 1. The van der Waals surface area contributed by atoms with E-state index in [9.17, 15) is 22.4 Å². The van der Waals surface area contributed by atoms with E-state index in [1.54, 1.807) is 30.5 Å². The molecule has 3 aromatic heterocycles. The Kier molecular flexibility index (Phi) is 5.44. The van der Waals surface area contributed by atoms with Crippen molar-refractivity contribution in [1.82, 2.24) is 34.5 Å². The number of nitrogens with one attached hydrogen (secondary N) is 1. The van der Waals surface area contributed by atoms with Crippen LogP contribution in [-0.4, -0.2) is 79.0 Å². The number of rotatable bonds is 6. The summed E-state index contributed by atoms with van der Waals surface area (Å²) in [5, 5.41) is 14.6. The van der Waals surface area contributed by atoms with Crippen molar-refractivity contribution in [2.45, 2.75) is 31.9 Å². The highest BCUT2D eigenvalue weighted by Gasteiger charge is 2.49. The molecule has 1 fully saturated rings. The van der Waals surface area contributed by atoms with E-state index in [-0.39, 0.29) is 18.4 Å². The van der Waals surface area contributed by atoms with Gasteiger partial charge in [0.25, 0.3) is 12.3 Å². The van der Waals surface area contributed by atoms with Crippen LogP contribution in [0.1, 0.15) is 6.92 Å². The van der Waals surface area contributed by atoms with E-state index in [0.717, 1.165) is 9.58 Å². The zero-order valence-electron chi connectivity index (χ0n) is 18.6. The lowest BCUT2D eigenvalue weighted by molar-refractivity contribution is -0.129. The van der Waals surface area contributed by atoms with E-state index in [2.05, 4.69) is 25.7 Å². The summed E-state index contributed by atoms with van der Waals surface area (Å²) in [7, 11) is 1.38. The highest BCUT2D eigenvalue weighted by Crippen LogP contribution is 2.34. The van der Waals surface area contributed by atoms with Gasteiger partial charge in [0.15, 0.2) is 0 Å². The van der Waals surface area contributed by atoms with Gasteiger partial charge in [-0.05, 0) is 23.8 Å². The Hall–Kier alpha value is -3.97. The first-order chi connectivity index (χ1) is 16.7. The van der Waals surface area contributed by atoms with Crippen LogP contribution >= 0.6 is 0 Å². The number of anilines is 1. The highest BCUT2D eigenvalue weighted by molar-refractivity contribution is 5.89. The topological polar surface area (TPSA) is 102 Å². The lowest BCUT2D eigenvalue weighted by atomic mass is 10.1. The molecule has 0 saturated carbocycles. The van der Waals surface area contributed by atoms with Gasteiger partial charge in [0, 0.05) is 25.2 Å². The monoisotopic (exact) mass is 492 g/mol. The molecule has 35 heavy (non-hydrogen) atoms. The maximum absolute atomic E-state index is 14.4. The minimum absolute atomic E-state index is 0.0961. The standard InChI is InChI=1S/C21H20F4N8O2/c1-11(34)31-8-16(21(24,25)10-31)26-20-27-19(35-2)18-13(5-6-32(18)29-20)12-3-4-14-15(7-12)33(30-28-14)9-17(22)23/h3-7,16-17H,8-10H2,1-2H3,(H,26,29)/t16-/m1/s1. The third-order valence-electron chi connectivity index (χ3n) is 5.87. The van der Waals surface area contributed by atoms with Gasteiger partial charge in [-0.1, -0.05) is 11.3 Å². The van der Waals surface area contributed by atoms with Crippen LogP contribution in [0.3, 0.4) is 0 Å². The first kappa shape index (κ1) is 22.8. The third kappa shape index (κ3) is 4.08. The van der Waals surface area contributed by atoms with Crippen LogP contribution < -0.4 is 10.1 Å². The van der Waals surface area contributed by atoms with Gasteiger partial charge in [-0.15, -0.1) is 10.2 Å². The minimum Gasteiger partial charge on any atom is -0.479 e. The second kappa shape index (κ2) is 8.36. The summed E-state index contributed by atoms with van der Waals surface area (Å²) >= 11 is 0. The highest BCUT2D eigenvalue weighted by atomic mass is 19.3. The van der Waals surface area contributed by atoms with Crippen molar-refractivity contribution in [2.75, 3.05) is 25.5 Å². The number of hydrogen-bond acceptors (Lipinski definition) is 7. The predicted molar refractivity (Wildman–Crippen MR) is 117 cm³/mol. The molecular formula is C21H20F4N8O2. The van der Waals surface area contributed by atoms with Crippen molar-refractivity contribution in [1.29, 1.82) is 0 Å². The molecular weight excluding hydrogens is 472 g/mol. The fraction of sp³-hybridized carbons (Fsp3) is 0.381. The fourth-order valence-electron chi connectivity index (χ4n) is 4.16. The fourth-order valence-corrected chi connectivity index (χ4v) is 4.16. The number of likely N-dealkylation sites (tertiary alicyclic amines) is 1. The molecule has 0 bridgehead atoms. The van der Waals surface area contributed by atoms with E-state index < -0.39 is 37.4 Å². The van der Waals surface area contributed by atoms with Gasteiger partial charge < -0.3 is 15.0 Å². The van der Waals surface area contributed by atoms with Crippen molar-refractivity contribution in [3.63, 3.8) is 0 Å². The number of ether oxygens (including phenoxy) is 1. The van der Waals surface area contributed by atoms with Gasteiger partial charge in [0.1, 0.15) is 23.6 Å². The first-order valence-electron chi connectivity index (χ1n) is 10.6. The van der Waals surface area contributed by atoms with Crippen LogP contribution in [0.2, 0.25) is 0 Å². The molecule has 1 saturated heterocycles. The Morgan fingerprint density at radius 2 is 2.11 bits per heavy atom. The van der Waals surface area contributed by atoms with Crippen molar-refractivity contribution in [3.05, 3.63) is 30.5 Å². The number of carbonyl (C=O) groups is 1. The molecule has 14 heteroatoms. The molecule has 10 nitrogen and oxygen atoms in total. The van der Waals surface area contributed by atoms with Crippen molar-refractivity contribution < 1.29 is 27.1 Å². The van der Waals surface area contributed by atoms with E-state index in [1.807, 2.05) is 0 Å². The molecule has 1 N–H and O–H groups in total. The smallest absolute Gasteiger partial charge is 0.286 e. The number of amides is 1. The average molecular weight is 492 g/mol. The van der Waals surface area contributed by atoms with Crippen LogP contribution in [0.25, 0.3) is 27.7 Å². The molecule has 1 amide bonds. The normalized spacial score (nSPS) is 17.6. The van der Waals surface area contributed by atoms with E-state index >= 15 is 0 Å². The lowest BCUT2D eigenvalue weighted by Gasteiger charge is -2.19. The summed E-state index contributed by atoms with van der Waals surface area (Å²) in [4.78, 5) is 16.9. The second-order valence-electron chi connectivity index (χ2n) is 8.19. The molecule has 5 rings (SSSR count). The van der Waals surface area contributed by atoms with Gasteiger partial charge in [-0.2, -0.15) is 4.98 Å². The summed E-state index contributed by atoms with van der Waals surface area (Å²) < 4.78 is 62.6. The predicted octanol–water partition coefficient (Wildman–Crippen LogP) is 2.69. The molecule has 1 aromatic carbocycles. The molecule has 1 aliphatic rings. The number of hydrogen-bond donors (Lipinski definition) is 1. The molecule has 1 atom stereocenters. The molecule has 4 aromatic rings. The molecule has 0 radical (unpaired) electrons. The maximum Gasteiger partial charge on any atom is 0.286 e. The molecule has 0 unspecified atom stereocenters. The van der Waals surface area contributed by atoms with Gasteiger partial charge >= 0.3 is 0 Å². The SMILES string of the molecule is COc1nc(N[C@@H]2CN(C(C)=O)CC2(F)F)nn2ccc(-c3ccc4nnn(CC(F)F)c4c3)c12. The van der Waals surface area contributed by atoms with Crippen LogP contribution in [0.15, 0.2) is 30.5 Å². The quantitative estimate of drug-likeness (QED) is 0.413. The molecule has 0 spiro atoms. The number of nitrogens with zero attached hydrogens (tertiary/aromatic N) is 7. The summed E-state index contributed by atoms with van der Waals surface area (Å²) in [5.74, 6) is -3.59. The van der Waals surface area contributed by atoms with Crippen LogP contribution in [0.4, 0.5) is 23.5 Å². The Bertz CT molecular complexity index is 1420. The third-order valence-corrected chi connectivity index (χ3v) is 5.87. The Morgan fingerprint density at radius 1 is 1.31 bits per heavy atom. The Balaban J connectivity index is 1.51. The van der Waals surface area contributed by atoms with Crippen molar-refractivity contribution in [2.24, 2.45) is 0 Å². The minimum atomic E-state index is -3.16. The largest absolute Gasteiger partial charge is 0.479 e. The van der Waals surface area contributed by atoms with E-state index in [4.69, 9.17) is 4.74 Å². The van der Waals surface area contributed by atoms with Crippen LogP contribution in [-0.2, 0) is 11.3 Å². The molecule has 1 aliphatic heterocycles. The average Bonchev–Trinajstić information content (AvgIpc) is 3.48. The second-order valence-corrected chi connectivity index (χ2v) is 8.19.